The molecule has 1 atom stereocenters. The summed E-state index contributed by atoms with van der Waals surface area (Å²) in [5.74, 6) is 0. The molecule has 0 aromatic carbocycles. The van der Waals surface area contributed by atoms with Crippen LogP contribution in [-0.2, 0) is 0 Å². The van der Waals surface area contributed by atoms with Gasteiger partial charge in [0.25, 0.3) is 0 Å². The summed E-state index contributed by atoms with van der Waals surface area (Å²) in [6, 6.07) is 8.97. The smallest absolute Gasteiger partial charge is 0.0887 e. The van der Waals surface area contributed by atoms with Crippen LogP contribution in [0.1, 0.15) is 19.5 Å². The van der Waals surface area contributed by atoms with E-state index in [1.54, 1.807) is 0 Å². The van der Waals surface area contributed by atoms with E-state index in [-0.39, 0.29) is 6.04 Å². The van der Waals surface area contributed by atoms with Crippen molar-refractivity contribution in [3.8, 4) is 0 Å². The van der Waals surface area contributed by atoms with Crippen LogP contribution in [0.4, 0.5) is 0 Å². The average molecular weight is 331 g/mol. The second-order valence-electron chi connectivity index (χ2n) is 5.14. The molecule has 0 fully saturated rings. The molecule has 2 nitrogen and oxygen atoms in total. The van der Waals surface area contributed by atoms with Gasteiger partial charge in [0.2, 0.25) is 0 Å². The standard InChI is InChI=1S/C16H14N2S3/c1-9-3-7-13(19-9)11-5-6-12(14-8-4-10(2)20-14)16-15(11)17-21-18-16/h3-8,15,17H,1-2H3. The van der Waals surface area contributed by atoms with Crippen LogP contribution in [0.15, 0.2) is 40.8 Å². The summed E-state index contributed by atoms with van der Waals surface area (Å²) in [7, 11) is 0. The van der Waals surface area contributed by atoms with Crippen LogP contribution in [-0.4, -0.2) is 11.8 Å². The van der Waals surface area contributed by atoms with E-state index in [4.69, 9.17) is 0 Å². The Morgan fingerprint density at radius 2 is 1.67 bits per heavy atom. The van der Waals surface area contributed by atoms with E-state index >= 15 is 0 Å². The summed E-state index contributed by atoms with van der Waals surface area (Å²) in [6.45, 7) is 4.30. The highest BCUT2D eigenvalue weighted by molar-refractivity contribution is 7.96. The van der Waals surface area contributed by atoms with Crippen LogP contribution < -0.4 is 4.72 Å². The van der Waals surface area contributed by atoms with Crippen molar-refractivity contribution in [2.24, 2.45) is 4.40 Å². The first-order valence-corrected chi connectivity index (χ1v) is 9.18. The van der Waals surface area contributed by atoms with Crippen molar-refractivity contribution >= 4 is 51.7 Å². The molecule has 1 aliphatic heterocycles. The normalized spacial score (nSPS) is 20.9. The van der Waals surface area contributed by atoms with Gasteiger partial charge in [0.1, 0.15) is 0 Å². The highest BCUT2D eigenvalue weighted by Crippen LogP contribution is 2.38. The van der Waals surface area contributed by atoms with Crippen LogP contribution in [0.3, 0.4) is 0 Å². The van der Waals surface area contributed by atoms with Crippen LogP contribution >= 0.6 is 34.8 Å². The fourth-order valence-electron chi connectivity index (χ4n) is 2.61. The number of nitrogens with one attached hydrogen (secondary N) is 1. The number of rotatable bonds is 2. The maximum absolute atomic E-state index is 4.63. The first kappa shape index (κ1) is 13.5. The highest BCUT2D eigenvalue weighted by atomic mass is 32.2. The van der Waals surface area contributed by atoms with Crippen molar-refractivity contribution in [2.45, 2.75) is 19.9 Å². The van der Waals surface area contributed by atoms with E-state index < -0.39 is 0 Å². The number of allylic oxidation sites excluding steroid dienone is 2. The Morgan fingerprint density at radius 3 is 2.33 bits per heavy atom. The quantitative estimate of drug-likeness (QED) is 0.793. The largest absolute Gasteiger partial charge is 0.231 e. The summed E-state index contributed by atoms with van der Waals surface area (Å²) < 4.78 is 8.07. The molecule has 0 radical (unpaired) electrons. The molecule has 2 aromatic heterocycles. The number of nitrogens with zero attached hydrogens (tertiary/aromatic N) is 1. The molecule has 4 rings (SSSR count). The Labute approximate surface area is 136 Å². The second-order valence-corrected chi connectivity index (χ2v) is 8.32. The van der Waals surface area contributed by atoms with Gasteiger partial charge in [-0.15, -0.1) is 22.7 Å². The monoisotopic (exact) mass is 330 g/mol. The number of hydrogen-bond acceptors (Lipinski definition) is 5. The van der Waals surface area contributed by atoms with Crippen LogP contribution in [0.5, 0.6) is 0 Å². The molecule has 0 saturated carbocycles. The zero-order valence-corrected chi connectivity index (χ0v) is 14.2. The number of fused-ring (bicyclic) bond motifs is 1. The molecular formula is C16H14N2S3. The lowest BCUT2D eigenvalue weighted by molar-refractivity contribution is 1.03. The maximum atomic E-state index is 4.63. The molecule has 0 amide bonds. The Morgan fingerprint density at radius 1 is 0.952 bits per heavy atom. The van der Waals surface area contributed by atoms with Gasteiger partial charge < -0.3 is 0 Å². The SMILES string of the molecule is Cc1ccc(C2=CC=C(c3ccc(C)s3)C3NSN=C23)s1. The second kappa shape index (κ2) is 5.25. The molecule has 0 bridgehead atoms. The third-order valence-corrected chi connectivity index (χ3v) is 6.35. The van der Waals surface area contributed by atoms with Gasteiger partial charge in [0.15, 0.2) is 0 Å². The van der Waals surface area contributed by atoms with E-state index in [9.17, 15) is 0 Å². The van der Waals surface area contributed by atoms with E-state index in [1.807, 2.05) is 22.7 Å². The minimum absolute atomic E-state index is 0.204. The van der Waals surface area contributed by atoms with Crippen molar-refractivity contribution in [1.29, 1.82) is 0 Å². The molecule has 2 aromatic rings. The lowest BCUT2D eigenvalue weighted by Crippen LogP contribution is -2.31. The van der Waals surface area contributed by atoms with Gasteiger partial charge in [-0.2, -0.15) is 0 Å². The van der Waals surface area contributed by atoms with Crippen molar-refractivity contribution in [3.05, 3.63) is 55.9 Å². The van der Waals surface area contributed by atoms with E-state index in [0.29, 0.717) is 0 Å². The van der Waals surface area contributed by atoms with Crippen LogP contribution in [0, 0.1) is 13.8 Å². The fraction of sp³-hybridized carbons (Fsp3) is 0.188. The van der Waals surface area contributed by atoms with Gasteiger partial charge in [-0.3, -0.25) is 0 Å². The lowest BCUT2D eigenvalue weighted by atomic mass is 9.90. The molecular weight excluding hydrogens is 316 g/mol. The third kappa shape index (κ3) is 2.34. The number of aryl methyl sites for hydroxylation is 2. The molecule has 0 saturated heterocycles. The zero-order chi connectivity index (χ0) is 14.4. The Kier molecular flexibility index (Phi) is 3.38. The van der Waals surface area contributed by atoms with E-state index in [0.717, 1.165) is 5.71 Å². The van der Waals surface area contributed by atoms with Gasteiger partial charge in [0, 0.05) is 25.1 Å². The fourth-order valence-corrected chi connectivity index (χ4v) is 5.13. The predicted octanol–water partition coefficient (Wildman–Crippen LogP) is 4.88. The van der Waals surface area contributed by atoms with Crippen molar-refractivity contribution in [2.75, 3.05) is 0 Å². The van der Waals surface area contributed by atoms with Crippen molar-refractivity contribution in [1.82, 2.24) is 4.72 Å². The molecule has 106 valence electrons. The number of thiophene rings is 2. The Balaban J connectivity index is 1.80. The summed E-state index contributed by atoms with van der Waals surface area (Å²) in [6.07, 6.45) is 4.47. The summed E-state index contributed by atoms with van der Waals surface area (Å²) in [5, 5.41) is 0. The summed E-state index contributed by atoms with van der Waals surface area (Å²) in [5.41, 5.74) is 3.74. The molecule has 1 unspecified atom stereocenters. The van der Waals surface area contributed by atoms with Gasteiger partial charge in [-0.05, 0) is 43.7 Å². The third-order valence-electron chi connectivity index (χ3n) is 3.64. The maximum Gasteiger partial charge on any atom is 0.0887 e. The molecule has 0 spiro atoms. The minimum atomic E-state index is 0.204. The van der Waals surface area contributed by atoms with Crippen molar-refractivity contribution in [3.63, 3.8) is 0 Å². The topological polar surface area (TPSA) is 24.4 Å². The molecule has 1 N–H and O–H groups in total. The predicted molar refractivity (Wildman–Crippen MR) is 96.0 cm³/mol. The number of hydrogen-bond donors (Lipinski definition) is 1. The highest BCUT2D eigenvalue weighted by Gasteiger charge is 2.32. The minimum Gasteiger partial charge on any atom is -0.231 e. The van der Waals surface area contributed by atoms with Crippen molar-refractivity contribution < 1.29 is 0 Å². The molecule has 21 heavy (non-hydrogen) atoms. The van der Waals surface area contributed by atoms with E-state index in [2.05, 4.69) is 59.4 Å². The van der Waals surface area contributed by atoms with E-state index in [1.165, 1.54) is 42.8 Å². The van der Waals surface area contributed by atoms with Crippen LogP contribution in [0.2, 0.25) is 0 Å². The summed E-state index contributed by atoms with van der Waals surface area (Å²) in [4.78, 5) is 5.32. The van der Waals surface area contributed by atoms with Gasteiger partial charge >= 0.3 is 0 Å². The Bertz CT molecular complexity index is 792. The van der Waals surface area contributed by atoms with Gasteiger partial charge in [0.05, 0.1) is 23.9 Å². The zero-order valence-electron chi connectivity index (χ0n) is 11.7. The molecule has 5 heteroatoms. The molecule has 2 aliphatic rings. The first-order chi connectivity index (χ1) is 10.2. The molecule has 3 heterocycles. The van der Waals surface area contributed by atoms with Crippen LogP contribution in [0.25, 0.3) is 11.1 Å². The first-order valence-electron chi connectivity index (χ1n) is 6.77. The van der Waals surface area contributed by atoms with Gasteiger partial charge in [-0.1, -0.05) is 12.2 Å². The average Bonchev–Trinajstić information content (AvgIpc) is 3.18. The van der Waals surface area contributed by atoms with Gasteiger partial charge in [-0.25, -0.2) is 9.12 Å². The molecule has 1 aliphatic carbocycles. The lowest BCUT2D eigenvalue weighted by Gasteiger charge is -2.21. The summed E-state index contributed by atoms with van der Waals surface area (Å²) >= 11 is 5.13. The Hall–Kier alpha value is -1.14.